The second kappa shape index (κ2) is 7.40. The van der Waals surface area contributed by atoms with Crippen LogP contribution in [0.1, 0.15) is 32.1 Å². The average Bonchev–Trinajstić information content (AvgIpc) is 2.71. The highest BCUT2D eigenvalue weighted by Gasteiger charge is 2.33. The lowest BCUT2D eigenvalue weighted by molar-refractivity contribution is -0.145. The molecule has 2 saturated heterocycles. The molecule has 0 bridgehead atoms. The van der Waals surface area contributed by atoms with Gasteiger partial charge in [-0.15, -0.1) is 0 Å². The van der Waals surface area contributed by atoms with Gasteiger partial charge >= 0.3 is 5.97 Å². The molecule has 2 heterocycles. The van der Waals surface area contributed by atoms with E-state index >= 15 is 0 Å². The maximum Gasteiger partial charge on any atom is 0.305 e. The molecule has 2 fully saturated rings. The van der Waals surface area contributed by atoms with Crippen LogP contribution in [-0.4, -0.2) is 71.5 Å². The Kier molecular flexibility index (Phi) is 5.55. The summed E-state index contributed by atoms with van der Waals surface area (Å²) in [6.07, 6.45) is 4.07. The maximum absolute atomic E-state index is 12.4. The van der Waals surface area contributed by atoms with E-state index in [9.17, 15) is 14.4 Å². The van der Waals surface area contributed by atoms with Gasteiger partial charge in [-0.3, -0.25) is 19.3 Å². The Morgan fingerprint density at radius 3 is 2.43 bits per heavy atom. The quantitative estimate of drug-likeness (QED) is 0.741. The molecule has 0 aromatic rings. The van der Waals surface area contributed by atoms with Crippen molar-refractivity contribution in [2.75, 3.05) is 32.7 Å². The van der Waals surface area contributed by atoms with Crippen LogP contribution in [-0.2, 0) is 14.4 Å². The van der Waals surface area contributed by atoms with Gasteiger partial charge in [0.15, 0.2) is 0 Å². The molecule has 0 radical (unpaired) electrons. The minimum atomic E-state index is -1.02. The van der Waals surface area contributed by atoms with Gasteiger partial charge in [0.05, 0.1) is 13.0 Å². The summed E-state index contributed by atoms with van der Waals surface area (Å²) >= 11 is 0. The van der Waals surface area contributed by atoms with E-state index < -0.39 is 12.0 Å². The van der Waals surface area contributed by atoms with Crippen molar-refractivity contribution >= 4 is 17.8 Å². The van der Waals surface area contributed by atoms with Gasteiger partial charge in [-0.1, -0.05) is 12.8 Å². The number of carbonyl (C=O) groups excluding carboxylic acids is 2. The first-order chi connectivity index (χ1) is 10.1. The normalized spacial score (nSPS) is 24.3. The topological polar surface area (TPSA) is 89.9 Å². The van der Waals surface area contributed by atoms with Crippen LogP contribution < -0.4 is 5.32 Å². The minimum absolute atomic E-state index is 0.00184. The summed E-state index contributed by atoms with van der Waals surface area (Å²) in [7, 11) is 0. The maximum atomic E-state index is 12.4. The number of piperazine rings is 1. The number of carboxylic acids is 1. The molecule has 1 atom stereocenters. The van der Waals surface area contributed by atoms with Gasteiger partial charge in [0.1, 0.15) is 6.04 Å². The Labute approximate surface area is 124 Å². The van der Waals surface area contributed by atoms with E-state index in [1.54, 1.807) is 4.90 Å². The number of hydrogen-bond donors (Lipinski definition) is 2. The van der Waals surface area contributed by atoms with E-state index in [0.29, 0.717) is 13.1 Å². The lowest BCUT2D eigenvalue weighted by Crippen LogP contribution is -2.58. The first kappa shape index (κ1) is 15.8. The van der Waals surface area contributed by atoms with Gasteiger partial charge in [0.2, 0.25) is 11.8 Å². The highest BCUT2D eigenvalue weighted by molar-refractivity contribution is 5.88. The fourth-order valence-electron chi connectivity index (χ4n) is 2.93. The summed E-state index contributed by atoms with van der Waals surface area (Å²) in [5.74, 6) is -1.32. The van der Waals surface area contributed by atoms with Crippen LogP contribution >= 0.6 is 0 Å². The summed E-state index contributed by atoms with van der Waals surface area (Å²) in [6.45, 7) is 2.64. The summed E-state index contributed by atoms with van der Waals surface area (Å²) in [5, 5.41) is 11.6. The molecule has 0 aromatic carbocycles. The van der Waals surface area contributed by atoms with Crippen molar-refractivity contribution in [2.24, 2.45) is 0 Å². The molecule has 0 spiro atoms. The molecule has 7 nitrogen and oxygen atoms in total. The number of amides is 2. The molecule has 21 heavy (non-hydrogen) atoms. The second-order valence-corrected chi connectivity index (χ2v) is 5.67. The monoisotopic (exact) mass is 297 g/mol. The zero-order valence-corrected chi connectivity index (χ0v) is 12.2. The molecule has 2 amide bonds. The van der Waals surface area contributed by atoms with E-state index in [0.717, 1.165) is 38.8 Å². The van der Waals surface area contributed by atoms with Crippen molar-refractivity contribution in [3.05, 3.63) is 0 Å². The molecule has 2 N–H and O–H groups in total. The lowest BCUT2D eigenvalue weighted by atomic mass is 10.1. The molecule has 1 unspecified atom stereocenters. The highest BCUT2D eigenvalue weighted by atomic mass is 16.4. The summed E-state index contributed by atoms with van der Waals surface area (Å²) in [5.41, 5.74) is 0. The zero-order chi connectivity index (χ0) is 15.2. The molecule has 7 heteroatoms. The largest absolute Gasteiger partial charge is 0.481 e. The number of carbonyl (C=O) groups is 3. The second-order valence-electron chi connectivity index (χ2n) is 5.67. The van der Waals surface area contributed by atoms with Crippen LogP contribution in [0.2, 0.25) is 0 Å². The number of rotatable bonds is 4. The van der Waals surface area contributed by atoms with Crippen LogP contribution in [0.25, 0.3) is 0 Å². The van der Waals surface area contributed by atoms with Crippen molar-refractivity contribution in [3.8, 4) is 0 Å². The molecule has 2 aliphatic rings. The number of aliphatic carboxylic acids is 1. The van der Waals surface area contributed by atoms with Crippen LogP contribution in [0.5, 0.6) is 0 Å². The number of carboxylic acid groups (broad SMARTS) is 1. The molecule has 0 aromatic heterocycles. The van der Waals surface area contributed by atoms with E-state index in [-0.39, 0.29) is 24.8 Å². The van der Waals surface area contributed by atoms with Crippen molar-refractivity contribution < 1.29 is 19.5 Å². The van der Waals surface area contributed by atoms with Crippen LogP contribution in [0.3, 0.4) is 0 Å². The fourth-order valence-corrected chi connectivity index (χ4v) is 2.93. The van der Waals surface area contributed by atoms with Crippen LogP contribution in [0.15, 0.2) is 0 Å². The van der Waals surface area contributed by atoms with Gasteiger partial charge in [-0.2, -0.15) is 0 Å². The van der Waals surface area contributed by atoms with Crippen molar-refractivity contribution in [1.82, 2.24) is 15.1 Å². The third-order valence-corrected chi connectivity index (χ3v) is 4.11. The van der Waals surface area contributed by atoms with E-state index in [2.05, 4.69) is 5.32 Å². The average molecular weight is 297 g/mol. The Bertz CT molecular complexity index is 405. The van der Waals surface area contributed by atoms with Crippen molar-refractivity contribution in [3.63, 3.8) is 0 Å². The van der Waals surface area contributed by atoms with Gasteiger partial charge < -0.3 is 15.3 Å². The van der Waals surface area contributed by atoms with Crippen molar-refractivity contribution in [2.45, 2.75) is 38.1 Å². The Balaban J connectivity index is 1.96. The predicted molar refractivity (Wildman–Crippen MR) is 75.7 cm³/mol. The first-order valence-corrected chi connectivity index (χ1v) is 7.59. The predicted octanol–water partition coefficient (Wildman–Crippen LogP) is -0.336. The van der Waals surface area contributed by atoms with Gasteiger partial charge in [0.25, 0.3) is 0 Å². The smallest absolute Gasteiger partial charge is 0.305 e. The third kappa shape index (κ3) is 4.42. The van der Waals surface area contributed by atoms with Crippen LogP contribution in [0, 0.1) is 0 Å². The Hall–Kier alpha value is -1.63. The SMILES string of the molecule is O=C(O)CC1C(=O)NCCN1CC(=O)N1CCCCCC1. The number of nitrogens with one attached hydrogen (secondary N) is 1. The molecule has 0 saturated carbocycles. The lowest BCUT2D eigenvalue weighted by Gasteiger charge is -2.35. The van der Waals surface area contributed by atoms with Crippen LogP contribution in [0.4, 0.5) is 0 Å². The standard InChI is InChI=1S/C14H23N3O4/c18-12(16-6-3-1-2-4-7-16)10-17-8-5-15-14(21)11(17)9-13(19)20/h11H,1-10H2,(H,15,21)(H,19,20). The number of likely N-dealkylation sites (tertiary alicyclic amines) is 1. The van der Waals surface area contributed by atoms with E-state index in [4.69, 9.17) is 5.11 Å². The molecule has 2 aliphatic heterocycles. The first-order valence-electron chi connectivity index (χ1n) is 7.59. The van der Waals surface area contributed by atoms with E-state index in [1.165, 1.54) is 0 Å². The third-order valence-electron chi connectivity index (χ3n) is 4.11. The zero-order valence-electron chi connectivity index (χ0n) is 12.2. The fraction of sp³-hybridized carbons (Fsp3) is 0.786. The molecular formula is C14H23N3O4. The number of hydrogen-bond acceptors (Lipinski definition) is 4. The van der Waals surface area contributed by atoms with Gasteiger partial charge in [-0.05, 0) is 12.8 Å². The summed E-state index contributed by atoms with van der Waals surface area (Å²) in [6, 6.07) is -0.743. The Morgan fingerprint density at radius 2 is 1.81 bits per heavy atom. The minimum Gasteiger partial charge on any atom is -0.481 e. The molecule has 118 valence electrons. The summed E-state index contributed by atoms with van der Waals surface area (Å²) < 4.78 is 0. The molecule has 2 rings (SSSR count). The molecule has 0 aliphatic carbocycles. The Morgan fingerprint density at radius 1 is 1.14 bits per heavy atom. The summed E-state index contributed by atoms with van der Waals surface area (Å²) in [4.78, 5) is 38.6. The van der Waals surface area contributed by atoms with Gasteiger partial charge in [-0.25, -0.2) is 0 Å². The highest BCUT2D eigenvalue weighted by Crippen LogP contribution is 2.13. The van der Waals surface area contributed by atoms with E-state index in [1.807, 2.05) is 4.90 Å². The van der Waals surface area contributed by atoms with Crippen molar-refractivity contribution in [1.29, 1.82) is 0 Å². The number of nitrogens with zero attached hydrogens (tertiary/aromatic N) is 2. The van der Waals surface area contributed by atoms with Gasteiger partial charge in [0, 0.05) is 26.2 Å². The molecular weight excluding hydrogens is 274 g/mol.